The maximum Gasteiger partial charge on any atom is 0.253 e. The quantitative estimate of drug-likeness (QED) is 0.793. The number of amides is 2. The molecule has 1 aromatic heterocycles. The molecule has 0 bridgehead atoms. The van der Waals surface area contributed by atoms with Crippen molar-refractivity contribution in [2.45, 2.75) is 38.5 Å². The van der Waals surface area contributed by atoms with Gasteiger partial charge in [-0.2, -0.15) is 0 Å². The number of hydrogen-bond acceptors (Lipinski definition) is 4. The van der Waals surface area contributed by atoms with E-state index >= 15 is 0 Å². The molecule has 0 aliphatic carbocycles. The van der Waals surface area contributed by atoms with Crippen LogP contribution in [0.1, 0.15) is 53.2 Å². The summed E-state index contributed by atoms with van der Waals surface area (Å²) in [7, 11) is 0. The molecule has 144 valence electrons. The Hall–Kier alpha value is -1.92. The number of thiazole rings is 1. The molecule has 27 heavy (non-hydrogen) atoms. The molecule has 2 heterocycles. The Morgan fingerprint density at radius 3 is 3.04 bits per heavy atom. The first-order valence-corrected chi connectivity index (χ1v) is 10.6. The number of aromatic nitrogens is 1. The fraction of sp³-hybridized carbons (Fsp3) is 0.450. The molecule has 1 aromatic carbocycles. The third-order valence-electron chi connectivity index (χ3n) is 4.72. The monoisotopic (exact) mass is 405 g/mol. The molecule has 0 radical (unpaired) electrons. The number of carbonyl (C=O) groups is 2. The summed E-state index contributed by atoms with van der Waals surface area (Å²) in [4.78, 5) is 30.7. The van der Waals surface area contributed by atoms with Gasteiger partial charge in [0.1, 0.15) is 0 Å². The zero-order valence-corrected chi connectivity index (χ0v) is 17.0. The fourth-order valence-electron chi connectivity index (χ4n) is 3.25. The number of hydrogen-bond donors (Lipinski definition) is 1. The molecular formula is C20H24ClN3O2S. The van der Waals surface area contributed by atoms with E-state index in [9.17, 15) is 9.59 Å². The van der Waals surface area contributed by atoms with Gasteiger partial charge in [0.2, 0.25) is 5.91 Å². The normalized spacial score (nSPS) is 17.0. The molecule has 0 saturated carbocycles. The van der Waals surface area contributed by atoms with Gasteiger partial charge in [-0.1, -0.05) is 24.6 Å². The molecule has 1 N–H and O–H groups in total. The van der Waals surface area contributed by atoms with Gasteiger partial charge >= 0.3 is 0 Å². The van der Waals surface area contributed by atoms with Crippen LogP contribution >= 0.6 is 22.9 Å². The van der Waals surface area contributed by atoms with Gasteiger partial charge < -0.3 is 10.2 Å². The number of rotatable bonds is 6. The minimum Gasteiger partial charge on any atom is -0.356 e. The number of nitrogens with one attached hydrogen (secondary N) is 1. The smallest absolute Gasteiger partial charge is 0.253 e. The van der Waals surface area contributed by atoms with Crippen LogP contribution < -0.4 is 5.32 Å². The second-order valence-electron chi connectivity index (χ2n) is 6.73. The summed E-state index contributed by atoms with van der Waals surface area (Å²) >= 11 is 7.67. The number of piperidine rings is 1. The van der Waals surface area contributed by atoms with E-state index < -0.39 is 0 Å². The van der Waals surface area contributed by atoms with Crippen molar-refractivity contribution in [1.29, 1.82) is 0 Å². The van der Waals surface area contributed by atoms with E-state index in [2.05, 4.69) is 10.7 Å². The van der Waals surface area contributed by atoms with Crippen LogP contribution in [0.3, 0.4) is 0 Å². The highest BCUT2D eigenvalue weighted by Gasteiger charge is 2.27. The highest BCUT2D eigenvalue weighted by atomic mass is 35.5. The standard InChI is InChI=1S/C20H24ClN3O2S/c1-2-18(25)22-9-8-17-13-27-19(23-17)15-6-4-10-24(12-15)20(26)14-5-3-7-16(21)11-14/h3,5,7,11,13,15H,2,4,6,8-10,12H2,1H3,(H,22,25). The molecule has 1 fully saturated rings. The maximum atomic E-state index is 12.8. The van der Waals surface area contributed by atoms with Crippen molar-refractivity contribution in [3.8, 4) is 0 Å². The van der Waals surface area contributed by atoms with Gasteiger partial charge in [0.05, 0.1) is 10.7 Å². The van der Waals surface area contributed by atoms with Gasteiger partial charge in [-0.3, -0.25) is 9.59 Å². The third-order valence-corrected chi connectivity index (χ3v) is 6.01. The molecule has 2 amide bonds. The lowest BCUT2D eigenvalue weighted by Gasteiger charge is -2.32. The molecule has 2 aromatic rings. The Balaban J connectivity index is 1.59. The Morgan fingerprint density at radius 2 is 2.26 bits per heavy atom. The summed E-state index contributed by atoms with van der Waals surface area (Å²) in [6, 6.07) is 7.11. The number of carbonyl (C=O) groups excluding carboxylic acids is 2. The number of halogens is 1. The van der Waals surface area contributed by atoms with Gasteiger partial charge in [0, 0.05) is 54.4 Å². The van der Waals surface area contributed by atoms with Crippen molar-refractivity contribution in [2.75, 3.05) is 19.6 Å². The summed E-state index contributed by atoms with van der Waals surface area (Å²) in [6.45, 7) is 3.91. The van der Waals surface area contributed by atoms with Crippen molar-refractivity contribution in [1.82, 2.24) is 15.2 Å². The van der Waals surface area contributed by atoms with Gasteiger partial charge in [0.25, 0.3) is 5.91 Å². The predicted octanol–water partition coefficient (Wildman–Crippen LogP) is 3.89. The van der Waals surface area contributed by atoms with Crippen molar-refractivity contribution in [3.05, 3.63) is 50.9 Å². The van der Waals surface area contributed by atoms with Crippen LogP contribution in [0.2, 0.25) is 5.02 Å². The van der Waals surface area contributed by atoms with Crippen LogP contribution in [0.5, 0.6) is 0 Å². The van der Waals surface area contributed by atoms with E-state index in [0.717, 1.165) is 36.5 Å². The second kappa shape index (κ2) is 9.33. The number of nitrogens with zero attached hydrogens (tertiary/aromatic N) is 2. The minimum absolute atomic E-state index is 0.0289. The Bertz CT molecular complexity index is 808. The van der Waals surface area contributed by atoms with Gasteiger partial charge in [-0.25, -0.2) is 4.98 Å². The molecule has 0 spiro atoms. The Kier molecular flexibility index (Phi) is 6.85. The lowest BCUT2D eigenvalue weighted by atomic mass is 9.98. The van der Waals surface area contributed by atoms with Crippen molar-refractivity contribution >= 4 is 34.8 Å². The molecule has 1 atom stereocenters. The van der Waals surface area contributed by atoms with Crippen LogP contribution in [0.4, 0.5) is 0 Å². The first kappa shape index (κ1) is 19.8. The predicted molar refractivity (Wildman–Crippen MR) is 108 cm³/mol. The fourth-order valence-corrected chi connectivity index (χ4v) is 4.42. The molecule has 3 rings (SSSR count). The highest BCUT2D eigenvalue weighted by molar-refractivity contribution is 7.09. The van der Waals surface area contributed by atoms with E-state index in [1.807, 2.05) is 17.9 Å². The largest absolute Gasteiger partial charge is 0.356 e. The molecular weight excluding hydrogens is 382 g/mol. The lowest BCUT2D eigenvalue weighted by Crippen LogP contribution is -2.39. The second-order valence-corrected chi connectivity index (χ2v) is 8.06. The molecule has 7 heteroatoms. The minimum atomic E-state index is 0.0289. The average Bonchev–Trinajstić information content (AvgIpc) is 3.16. The van der Waals surface area contributed by atoms with E-state index in [4.69, 9.17) is 16.6 Å². The van der Waals surface area contributed by atoms with E-state index in [0.29, 0.717) is 30.1 Å². The molecule has 1 aliphatic heterocycles. The van der Waals surface area contributed by atoms with E-state index in [-0.39, 0.29) is 17.7 Å². The van der Waals surface area contributed by atoms with Crippen molar-refractivity contribution < 1.29 is 9.59 Å². The van der Waals surface area contributed by atoms with Crippen LogP contribution in [0.15, 0.2) is 29.6 Å². The summed E-state index contributed by atoms with van der Waals surface area (Å²) in [5, 5.41) is 6.59. The van der Waals surface area contributed by atoms with E-state index in [1.54, 1.807) is 29.5 Å². The van der Waals surface area contributed by atoms with Crippen LogP contribution in [-0.4, -0.2) is 41.3 Å². The summed E-state index contributed by atoms with van der Waals surface area (Å²) in [5.74, 6) is 0.361. The van der Waals surface area contributed by atoms with Crippen molar-refractivity contribution in [2.24, 2.45) is 0 Å². The van der Waals surface area contributed by atoms with Crippen LogP contribution in [0, 0.1) is 0 Å². The van der Waals surface area contributed by atoms with Gasteiger partial charge in [-0.15, -0.1) is 11.3 Å². The Morgan fingerprint density at radius 1 is 1.41 bits per heavy atom. The molecule has 1 unspecified atom stereocenters. The Labute approximate surface area is 168 Å². The van der Waals surface area contributed by atoms with Crippen molar-refractivity contribution in [3.63, 3.8) is 0 Å². The summed E-state index contributed by atoms with van der Waals surface area (Å²) in [5.41, 5.74) is 1.64. The summed E-state index contributed by atoms with van der Waals surface area (Å²) < 4.78 is 0. The maximum absolute atomic E-state index is 12.8. The third kappa shape index (κ3) is 5.30. The van der Waals surface area contributed by atoms with Crippen LogP contribution in [0.25, 0.3) is 0 Å². The van der Waals surface area contributed by atoms with Crippen LogP contribution in [-0.2, 0) is 11.2 Å². The lowest BCUT2D eigenvalue weighted by molar-refractivity contribution is -0.120. The van der Waals surface area contributed by atoms with Gasteiger partial charge in [0.15, 0.2) is 0 Å². The summed E-state index contributed by atoms with van der Waals surface area (Å²) in [6.07, 6.45) is 3.25. The highest BCUT2D eigenvalue weighted by Crippen LogP contribution is 2.30. The van der Waals surface area contributed by atoms with Gasteiger partial charge in [-0.05, 0) is 31.0 Å². The zero-order chi connectivity index (χ0) is 19.2. The SMILES string of the molecule is CCC(=O)NCCc1csc(C2CCCN(C(=O)c3cccc(Cl)c3)C2)n1. The first-order valence-electron chi connectivity index (χ1n) is 9.32. The van der Waals surface area contributed by atoms with E-state index in [1.165, 1.54) is 0 Å². The molecule has 5 nitrogen and oxygen atoms in total. The number of likely N-dealkylation sites (tertiary alicyclic amines) is 1. The molecule has 1 saturated heterocycles. The topological polar surface area (TPSA) is 62.3 Å². The average molecular weight is 406 g/mol. The molecule has 1 aliphatic rings. The first-order chi connectivity index (χ1) is 13.1. The zero-order valence-electron chi connectivity index (χ0n) is 15.4. The number of benzene rings is 1.